The molecule has 0 saturated heterocycles. The Morgan fingerprint density at radius 1 is 1.32 bits per heavy atom. The summed E-state index contributed by atoms with van der Waals surface area (Å²) in [5.74, 6) is 1.23. The van der Waals surface area contributed by atoms with E-state index in [1.807, 2.05) is 18.3 Å². The molecule has 0 aliphatic heterocycles. The Morgan fingerprint density at radius 2 is 2.16 bits per heavy atom. The number of pyridine rings is 1. The molecule has 100 valence electrons. The lowest BCUT2D eigenvalue weighted by atomic mass is 9.91. The van der Waals surface area contributed by atoms with E-state index in [1.54, 1.807) is 12.1 Å². The van der Waals surface area contributed by atoms with Crippen molar-refractivity contribution in [3.05, 3.63) is 30.5 Å². The third-order valence-electron chi connectivity index (χ3n) is 3.89. The number of hydrogen-bond donors (Lipinski definition) is 2. The van der Waals surface area contributed by atoms with E-state index < -0.39 is 0 Å². The SMILES string of the molecule is NCCN(c1nccc2ccc(O)cc12)C1CCC1. The average Bonchev–Trinajstić information content (AvgIpc) is 2.35. The summed E-state index contributed by atoms with van der Waals surface area (Å²) in [6.45, 7) is 1.43. The second kappa shape index (κ2) is 5.05. The van der Waals surface area contributed by atoms with E-state index in [0.29, 0.717) is 12.6 Å². The molecular weight excluding hydrogens is 238 g/mol. The van der Waals surface area contributed by atoms with Crippen molar-refractivity contribution in [3.8, 4) is 5.75 Å². The van der Waals surface area contributed by atoms with E-state index >= 15 is 0 Å². The van der Waals surface area contributed by atoms with E-state index in [9.17, 15) is 5.11 Å². The molecule has 0 atom stereocenters. The molecule has 1 aromatic heterocycles. The van der Waals surface area contributed by atoms with Gasteiger partial charge in [0.25, 0.3) is 0 Å². The fourth-order valence-electron chi connectivity index (χ4n) is 2.67. The zero-order valence-corrected chi connectivity index (χ0v) is 10.9. The number of phenolic OH excluding ortho intramolecular Hbond substituents is 1. The third-order valence-corrected chi connectivity index (χ3v) is 3.89. The number of hydrogen-bond acceptors (Lipinski definition) is 4. The Hall–Kier alpha value is -1.81. The molecule has 0 radical (unpaired) electrons. The average molecular weight is 257 g/mol. The number of anilines is 1. The molecule has 4 heteroatoms. The molecule has 1 aliphatic carbocycles. The molecule has 3 N–H and O–H groups in total. The lowest BCUT2D eigenvalue weighted by molar-refractivity contribution is 0.386. The van der Waals surface area contributed by atoms with Crippen LogP contribution in [0.2, 0.25) is 0 Å². The van der Waals surface area contributed by atoms with E-state index in [0.717, 1.165) is 23.1 Å². The van der Waals surface area contributed by atoms with Crippen LogP contribution in [0.5, 0.6) is 5.75 Å². The second-order valence-electron chi connectivity index (χ2n) is 5.11. The highest BCUT2D eigenvalue weighted by molar-refractivity contribution is 5.93. The third kappa shape index (κ3) is 2.24. The predicted molar refractivity (Wildman–Crippen MR) is 77.4 cm³/mol. The Kier molecular flexibility index (Phi) is 3.25. The molecule has 19 heavy (non-hydrogen) atoms. The first kappa shape index (κ1) is 12.2. The number of nitrogens with two attached hydrogens (primary N) is 1. The topological polar surface area (TPSA) is 62.4 Å². The van der Waals surface area contributed by atoms with Gasteiger partial charge in [0.2, 0.25) is 0 Å². The number of fused-ring (bicyclic) bond motifs is 1. The lowest BCUT2D eigenvalue weighted by Gasteiger charge is -2.38. The molecule has 0 spiro atoms. The fraction of sp³-hybridized carbons (Fsp3) is 0.400. The van der Waals surface area contributed by atoms with Gasteiger partial charge in [-0.05, 0) is 42.8 Å². The molecule has 0 bridgehead atoms. The maximum absolute atomic E-state index is 9.71. The Morgan fingerprint density at radius 3 is 2.84 bits per heavy atom. The smallest absolute Gasteiger partial charge is 0.136 e. The number of rotatable bonds is 4. The summed E-state index contributed by atoms with van der Waals surface area (Å²) in [7, 11) is 0. The monoisotopic (exact) mass is 257 g/mol. The largest absolute Gasteiger partial charge is 0.508 e. The zero-order valence-electron chi connectivity index (χ0n) is 10.9. The Balaban J connectivity index is 2.08. The molecule has 1 fully saturated rings. The van der Waals surface area contributed by atoms with Crippen LogP contribution >= 0.6 is 0 Å². The molecule has 1 aromatic carbocycles. The number of aromatic nitrogens is 1. The zero-order chi connectivity index (χ0) is 13.2. The van der Waals surface area contributed by atoms with Gasteiger partial charge in [-0.1, -0.05) is 6.07 Å². The summed E-state index contributed by atoms with van der Waals surface area (Å²) in [5.41, 5.74) is 5.74. The van der Waals surface area contributed by atoms with Gasteiger partial charge in [-0.25, -0.2) is 4.98 Å². The summed E-state index contributed by atoms with van der Waals surface area (Å²) >= 11 is 0. The van der Waals surface area contributed by atoms with E-state index in [1.165, 1.54) is 19.3 Å². The van der Waals surface area contributed by atoms with Crippen molar-refractivity contribution >= 4 is 16.6 Å². The van der Waals surface area contributed by atoms with Gasteiger partial charge in [-0.2, -0.15) is 0 Å². The predicted octanol–water partition coefficient (Wildman–Crippen LogP) is 2.26. The minimum absolute atomic E-state index is 0.281. The van der Waals surface area contributed by atoms with Crippen LogP contribution in [0, 0.1) is 0 Å². The number of benzene rings is 1. The van der Waals surface area contributed by atoms with Crippen molar-refractivity contribution in [2.75, 3.05) is 18.0 Å². The van der Waals surface area contributed by atoms with E-state index in [-0.39, 0.29) is 5.75 Å². The van der Waals surface area contributed by atoms with Gasteiger partial charge in [-0.15, -0.1) is 0 Å². The van der Waals surface area contributed by atoms with Crippen LogP contribution in [0.4, 0.5) is 5.82 Å². The van der Waals surface area contributed by atoms with E-state index in [2.05, 4.69) is 9.88 Å². The van der Waals surface area contributed by atoms with Crippen LogP contribution in [-0.2, 0) is 0 Å². The summed E-state index contributed by atoms with van der Waals surface area (Å²) in [6.07, 6.45) is 5.52. The summed E-state index contributed by atoms with van der Waals surface area (Å²) < 4.78 is 0. The Labute approximate surface area is 112 Å². The second-order valence-corrected chi connectivity index (χ2v) is 5.11. The molecule has 1 aliphatic rings. The standard InChI is InChI=1S/C15H19N3O/c16-7-9-18(12-2-1-3-12)15-14-10-13(19)5-4-11(14)6-8-17-15/h4-6,8,10,12,19H,1-3,7,9,16H2. The van der Waals surface area contributed by atoms with Crippen LogP contribution in [-0.4, -0.2) is 29.2 Å². The quantitative estimate of drug-likeness (QED) is 0.882. The normalized spacial score (nSPS) is 15.4. The van der Waals surface area contributed by atoms with Gasteiger partial charge in [0, 0.05) is 30.7 Å². The van der Waals surface area contributed by atoms with Gasteiger partial charge in [-0.3, -0.25) is 0 Å². The van der Waals surface area contributed by atoms with Crippen LogP contribution in [0.25, 0.3) is 10.8 Å². The van der Waals surface area contributed by atoms with Crippen molar-refractivity contribution in [2.45, 2.75) is 25.3 Å². The molecule has 0 amide bonds. The molecule has 1 saturated carbocycles. The minimum atomic E-state index is 0.281. The first-order valence-electron chi connectivity index (χ1n) is 6.84. The Bertz CT molecular complexity index is 581. The van der Waals surface area contributed by atoms with Crippen LogP contribution in [0.3, 0.4) is 0 Å². The molecule has 0 unspecified atom stereocenters. The number of nitrogens with zero attached hydrogens (tertiary/aromatic N) is 2. The van der Waals surface area contributed by atoms with Crippen molar-refractivity contribution in [1.29, 1.82) is 0 Å². The van der Waals surface area contributed by atoms with Crippen LogP contribution in [0.1, 0.15) is 19.3 Å². The fourth-order valence-corrected chi connectivity index (χ4v) is 2.67. The summed E-state index contributed by atoms with van der Waals surface area (Å²) in [5, 5.41) is 11.8. The van der Waals surface area contributed by atoms with Crippen LogP contribution < -0.4 is 10.6 Å². The van der Waals surface area contributed by atoms with Crippen molar-refractivity contribution in [2.24, 2.45) is 5.73 Å². The van der Waals surface area contributed by atoms with E-state index in [4.69, 9.17) is 5.73 Å². The first-order chi connectivity index (χ1) is 9.29. The highest BCUT2D eigenvalue weighted by atomic mass is 16.3. The van der Waals surface area contributed by atoms with Gasteiger partial charge >= 0.3 is 0 Å². The first-order valence-corrected chi connectivity index (χ1v) is 6.84. The maximum atomic E-state index is 9.71. The highest BCUT2D eigenvalue weighted by Crippen LogP contribution is 2.33. The van der Waals surface area contributed by atoms with Gasteiger partial charge in [0.05, 0.1) is 0 Å². The summed E-state index contributed by atoms with van der Waals surface area (Å²) in [4.78, 5) is 6.83. The molecule has 2 aromatic rings. The lowest BCUT2D eigenvalue weighted by Crippen LogP contribution is -2.43. The highest BCUT2D eigenvalue weighted by Gasteiger charge is 2.26. The molecule has 1 heterocycles. The molecule has 4 nitrogen and oxygen atoms in total. The van der Waals surface area contributed by atoms with Gasteiger partial charge in [0.1, 0.15) is 11.6 Å². The molecular formula is C15H19N3O. The summed E-state index contributed by atoms with van der Waals surface area (Å²) in [6, 6.07) is 7.95. The molecule has 3 rings (SSSR count). The van der Waals surface area contributed by atoms with Gasteiger partial charge < -0.3 is 15.7 Å². The van der Waals surface area contributed by atoms with Crippen molar-refractivity contribution in [3.63, 3.8) is 0 Å². The maximum Gasteiger partial charge on any atom is 0.136 e. The van der Waals surface area contributed by atoms with Crippen molar-refractivity contribution < 1.29 is 5.11 Å². The minimum Gasteiger partial charge on any atom is -0.508 e. The number of aromatic hydroxyl groups is 1. The van der Waals surface area contributed by atoms with Gasteiger partial charge in [0.15, 0.2) is 0 Å². The van der Waals surface area contributed by atoms with Crippen LogP contribution in [0.15, 0.2) is 30.5 Å². The van der Waals surface area contributed by atoms with Crippen molar-refractivity contribution in [1.82, 2.24) is 4.98 Å². The number of phenols is 1.